The van der Waals surface area contributed by atoms with Crippen molar-refractivity contribution in [1.82, 2.24) is 0 Å². The first-order valence-electron chi connectivity index (χ1n) is 7.31. The van der Waals surface area contributed by atoms with E-state index in [0.29, 0.717) is 12.1 Å². The van der Waals surface area contributed by atoms with E-state index in [-0.39, 0.29) is 11.8 Å². The predicted octanol–water partition coefficient (Wildman–Crippen LogP) is 2.32. The van der Waals surface area contributed by atoms with E-state index >= 15 is 0 Å². The highest BCUT2D eigenvalue weighted by Gasteiger charge is 2.49. The Hall–Kier alpha value is -1.84. The van der Waals surface area contributed by atoms with Crippen LogP contribution in [0.2, 0.25) is 0 Å². The Morgan fingerprint density at radius 1 is 1.15 bits per heavy atom. The molecule has 0 aromatic heterocycles. The standard InChI is InChI=1S/C16H17NO3/c18-15(13-7-11-6-12(11)8-13)17-4-3-9-5-10(16(19)20)1-2-14(9)17/h1-2,5,11-13H,3-4,6-8H2,(H,19,20). The number of carbonyl (C=O) groups is 2. The average molecular weight is 271 g/mol. The summed E-state index contributed by atoms with van der Waals surface area (Å²) in [5.41, 5.74) is 2.21. The first kappa shape index (κ1) is 11.9. The van der Waals surface area contributed by atoms with E-state index in [1.807, 2.05) is 4.90 Å². The van der Waals surface area contributed by atoms with E-state index in [1.165, 1.54) is 6.42 Å². The second-order valence-corrected chi connectivity index (χ2v) is 6.31. The Bertz CT molecular complexity index is 600. The fraction of sp³-hybridized carbons (Fsp3) is 0.500. The number of carboxylic acids is 1. The molecule has 0 spiro atoms. The van der Waals surface area contributed by atoms with Gasteiger partial charge < -0.3 is 10.0 Å². The van der Waals surface area contributed by atoms with Crippen molar-refractivity contribution < 1.29 is 14.7 Å². The maximum absolute atomic E-state index is 12.6. The molecule has 20 heavy (non-hydrogen) atoms. The SMILES string of the molecule is O=C(O)c1ccc2c(c1)CCN2C(=O)C1CC2CC2C1. The van der Waals surface area contributed by atoms with Crippen LogP contribution in [-0.4, -0.2) is 23.5 Å². The molecule has 1 amide bonds. The number of hydrogen-bond acceptors (Lipinski definition) is 2. The third-order valence-corrected chi connectivity index (χ3v) is 5.08. The molecule has 1 aromatic carbocycles. The highest BCUT2D eigenvalue weighted by atomic mass is 16.4. The van der Waals surface area contributed by atoms with Crippen LogP contribution in [0.25, 0.3) is 0 Å². The van der Waals surface area contributed by atoms with Crippen molar-refractivity contribution >= 4 is 17.6 Å². The summed E-state index contributed by atoms with van der Waals surface area (Å²) in [7, 11) is 0. The summed E-state index contributed by atoms with van der Waals surface area (Å²) in [6.07, 6.45) is 4.20. The number of rotatable bonds is 2. The van der Waals surface area contributed by atoms with E-state index in [2.05, 4.69) is 0 Å². The minimum atomic E-state index is -0.909. The third-order valence-electron chi connectivity index (χ3n) is 5.08. The normalized spacial score (nSPS) is 30.0. The van der Waals surface area contributed by atoms with E-state index in [0.717, 1.165) is 42.3 Å². The van der Waals surface area contributed by atoms with Crippen molar-refractivity contribution in [3.8, 4) is 0 Å². The second kappa shape index (κ2) is 4.08. The third kappa shape index (κ3) is 1.74. The Morgan fingerprint density at radius 3 is 2.60 bits per heavy atom. The molecular weight excluding hydrogens is 254 g/mol. The van der Waals surface area contributed by atoms with Crippen LogP contribution < -0.4 is 4.90 Å². The van der Waals surface area contributed by atoms with Crippen molar-refractivity contribution in [1.29, 1.82) is 0 Å². The van der Waals surface area contributed by atoms with Gasteiger partial charge in [0.15, 0.2) is 0 Å². The second-order valence-electron chi connectivity index (χ2n) is 6.31. The number of anilines is 1. The van der Waals surface area contributed by atoms with E-state index < -0.39 is 5.97 Å². The molecule has 4 rings (SSSR count). The molecule has 104 valence electrons. The Labute approximate surface area is 117 Å². The molecule has 1 aromatic rings. The first-order valence-corrected chi connectivity index (χ1v) is 7.31. The quantitative estimate of drug-likeness (QED) is 0.898. The molecular formula is C16H17NO3. The maximum atomic E-state index is 12.6. The maximum Gasteiger partial charge on any atom is 0.335 e. The summed E-state index contributed by atoms with van der Waals surface area (Å²) in [5, 5.41) is 9.02. The van der Waals surface area contributed by atoms with E-state index in [9.17, 15) is 9.59 Å². The molecule has 0 radical (unpaired) electrons. The van der Waals surface area contributed by atoms with Crippen LogP contribution in [0.4, 0.5) is 5.69 Å². The average Bonchev–Trinajstić information content (AvgIpc) is 2.89. The number of amides is 1. The number of fused-ring (bicyclic) bond motifs is 2. The Balaban J connectivity index is 1.57. The summed E-state index contributed by atoms with van der Waals surface area (Å²) in [5.74, 6) is 1.15. The zero-order chi connectivity index (χ0) is 13.9. The topological polar surface area (TPSA) is 57.6 Å². The van der Waals surface area contributed by atoms with Crippen molar-refractivity contribution in [2.24, 2.45) is 17.8 Å². The fourth-order valence-corrected chi connectivity index (χ4v) is 3.90. The minimum absolute atomic E-state index is 0.198. The predicted molar refractivity (Wildman–Crippen MR) is 73.8 cm³/mol. The number of benzene rings is 1. The number of carboxylic acid groups (broad SMARTS) is 1. The molecule has 0 saturated heterocycles. The van der Waals surface area contributed by atoms with Gasteiger partial charge in [-0.25, -0.2) is 4.79 Å². The lowest BCUT2D eigenvalue weighted by molar-refractivity contribution is -0.122. The van der Waals surface area contributed by atoms with E-state index in [1.54, 1.807) is 18.2 Å². The number of carbonyl (C=O) groups excluding carboxylic acids is 1. The van der Waals surface area contributed by atoms with Crippen LogP contribution in [0, 0.1) is 17.8 Å². The number of hydrogen-bond donors (Lipinski definition) is 1. The summed E-state index contributed by atoms with van der Waals surface area (Å²) in [6.45, 7) is 0.697. The molecule has 1 heterocycles. The summed E-state index contributed by atoms with van der Waals surface area (Å²) < 4.78 is 0. The van der Waals surface area contributed by atoms with Gasteiger partial charge in [-0.05, 0) is 61.3 Å². The molecule has 2 fully saturated rings. The molecule has 3 aliphatic rings. The first-order chi connectivity index (χ1) is 9.63. The molecule has 2 unspecified atom stereocenters. The van der Waals surface area contributed by atoms with Gasteiger partial charge in [0.2, 0.25) is 5.91 Å². The lowest BCUT2D eigenvalue weighted by atomic mass is 10.0. The van der Waals surface area contributed by atoms with Gasteiger partial charge in [0.1, 0.15) is 0 Å². The van der Waals surface area contributed by atoms with Gasteiger partial charge in [-0.3, -0.25) is 4.79 Å². The zero-order valence-electron chi connectivity index (χ0n) is 11.2. The Kier molecular flexibility index (Phi) is 2.43. The minimum Gasteiger partial charge on any atom is -0.478 e. The summed E-state index contributed by atoms with van der Waals surface area (Å²) >= 11 is 0. The van der Waals surface area contributed by atoms with Gasteiger partial charge >= 0.3 is 5.97 Å². The molecule has 1 N–H and O–H groups in total. The van der Waals surface area contributed by atoms with Crippen LogP contribution >= 0.6 is 0 Å². The lowest BCUT2D eigenvalue weighted by Gasteiger charge is -2.22. The van der Waals surface area contributed by atoms with Crippen LogP contribution in [0.1, 0.15) is 35.2 Å². The molecule has 4 heteroatoms. The largest absolute Gasteiger partial charge is 0.478 e. The summed E-state index contributed by atoms with van der Waals surface area (Å²) in [6, 6.07) is 5.09. The van der Waals surface area contributed by atoms with Crippen LogP contribution in [0.3, 0.4) is 0 Å². The number of nitrogens with zero attached hydrogens (tertiary/aromatic N) is 1. The fourth-order valence-electron chi connectivity index (χ4n) is 3.90. The van der Waals surface area contributed by atoms with Crippen molar-refractivity contribution in [2.75, 3.05) is 11.4 Å². The smallest absolute Gasteiger partial charge is 0.335 e. The van der Waals surface area contributed by atoms with Crippen LogP contribution in [-0.2, 0) is 11.2 Å². The van der Waals surface area contributed by atoms with Gasteiger partial charge in [0.25, 0.3) is 0 Å². The highest BCUT2D eigenvalue weighted by Crippen LogP contribution is 2.55. The number of aromatic carboxylic acids is 1. The van der Waals surface area contributed by atoms with Crippen LogP contribution in [0.15, 0.2) is 18.2 Å². The van der Waals surface area contributed by atoms with Crippen LogP contribution in [0.5, 0.6) is 0 Å². The highest BCUT2D eigenvalue weighted by molar-refractivity contribution is 5.98. The van der Waals surface area contributed by atoms with Gasteiger partial charge in [-0.1, -0.05) is 0 Å². The molecule has 0 bridgehead atoms. The molecule has 4 nitrogen and oxygen atoms in total. The Morgan fingerprint density at radius 2 is 1.90 bits per heavy atom. The van der Waals surface area contributed by atoms with Gasteiger partial charge in [-0.2, -0.15) is 0 Å². The van der Waals surface area contributed by atoms with Gasteiger partial charge in [0, 0.05) is 18.2 Å². The lowest BCUT2D eigenvalue weighted by Crippen LogP contribution is -2.34. The van der Waals surface area contributed by atoms with E-state index in [4.69, 9.17) is 5.11 Å². The molecule has 2 aliphatic carbocycles. The monoisotopic (exact) mass is 271 g/mol. The molecule has 2 atom stereocenters. The summed E-state index contributed by atoms with van der Waals surface area (Å²) in [4.78, 5) is 25.5. The van der Waals surface area contributed by atoms with Crippen molar-refractivity contribution in [3.63, 3.8) is 0 Å². The zero-order valence-corrected chi connectivity index (χ0v) is 11.2. The van der Waals surface area contributed by atoms with Gasteiger partial charge in [-0.15, -0.1) is 0 Å². The van der Waals surface area contributed by atoms with Crippen molar-refractivity contribution in [2.45, 2.75) is 25.7 Å². The molecule has 1 aliphatic heterocycles. The molecule has 2 saturated carbocycles. The van der Waals surface area contributed by atoms with Gasteiger partial charge in [0.05, 0.1) is 5.56 Å². The van der Waals surface area contributed by atoms with Crippen molar-refractivity contribution in [3.05, 3.63) is 29.3 Å².